The smallest absolute Gasteiger partial charge is 0.261 e. The molecule has 0 bridgehead atoms. The van der Waals surface area contributed by atoms with Crippen molar-refractivity contribution in [3.8, 4) is 0 Å². The molecule has 33 heavy (non-hydrogen) atoms. The van der Waals surface area contributed by atoms with Gasteiger partial charge in [0, 0.05) is 45.3 Å². The van der Waals surface area contributed by atoms with Crippen LogP contribution in [0.5, 0.6) is 0 Å². The molecule has 1 aromatic heterocycles. The lowest BCUT2D eigenvalue weighted by Crippen LogP contribution is -2.31. The molecular formula is C24H23FN4O4. The largest absolute Gasteiger partial charge is 0.385 e. The number of rotatable bonds is 8. The van der Waals surface area contributed by atoms with Crippen LogP contribution in [0.4, 0.5) is 4.39 Å². The molecule has 0 spiro atoms. The fourth-order valence-corrected chi connectivity index (χ4v) is 3.85. The summed E-state index contributed by atoms with van der Waals surface area (Å²) in [5.41, 5.74) is 1.18. The molecule has 3 aromatic rings. The van der Waals surface area contributed by atoms with E-state index in [1.54, 1.807) is 43.3 Å². The number of hydrogen-bond donors (Lipinski definition) is 1. The number of nitrogens with one attached hydrogen (secondary N) is 1. The molecule has 170 valence electrons. The highest BCUT2D eigenvalue weighted by Gasteiger charge is 2.35. The highest BCUT2D eigenvalue weighted by molar-refractivity contribution is 6.22. The van der Waals surface area contributed by atoms with Crippen molar-refractivity contribution in [2.24, 2.45) is 7.05 Å². The molecule has 2 heterocycles. The SMILES string of the molecule is COCCCN1C(=O)c2ccc(C(=O)N[C@H](c3cccc(F)c3)c3nccn3C)cc2C1=O. The summed E-state index contributed by atoms with van der Waals surface area (Å²) in [6.07, 6.45) is 3.84. The van der Waals surface area contributed by atoms with Crippen molar-refractivity contribution in [3.63, 3.8) is 0 Å². The number of methoxy groups -OCH3 is 1. The van der Waals surface area contributed by atoms with E-state index in [0.717, 1.165) is 4.90 Å². The molecular weight excluding hydrogens is 427 g/mol. The molecule has 9 heteroatoms. The maximum atomic E-state index is 13.9. The minimum Gasteiger partial charge on any atom is -0.385 e. The number of imidazole rings is 1. The molecule has 3 amide bonds. The Bertz CT molecular complexity index is 1220. The maximum absolute atomic E-state index is 13.9. The summed E-state index contributed by atoms with van der Waals surface area (Å²) in [5, 5.41) is 2.88. The molecule has 2 aromatic carbocycles. The van der Waals surface area contributed by atoms with Gasteiger partial charge in [0.1, 0.15) is 17.7 Å². The molecule has 1 atom stereocenters. The van der Waals surface area contributed by atoms with Gasteiger partial charge in [-0.15, -0.1) is 0 Å². The summed E-state index contributed by atoms with van der Waals surface area (Å²) < 4.78 is 20.6. The van der Waals surface area contributed by atoms with E-state index in [2.05, 4.69) is 10.3 Å². The van der Waals surface area contributed by atoms with E-state index in [1.807, 2.05) is 0 Å². The molecule has 8 nitrogen and oxygen atoms in total. The first-order chi connectivity index (χ1) is 15.9. The third kappa shape index (κ3) is 4.40. The van der Waals surface area contributed by atoms with Gasteiger partial charge in [-0.25, -0.2) is 9.37 Å². The Morgan fingerprint density at radius 1 is 1.15 bits per heavy atom. The van der Waals surface area contributed by atoms with E-state index in [9.17, 15) is 18.8 Å². The van der Waals surface area contributed by atoms with Crippen LogP contribution in [0.1, 0.15) is 54.9 Å². The van der Waals surface area contributed by atoms with E-state index >= 15 is 0 Å². The molecule has 1 aliphatic heterocycles. The van der Waals surface area contributed by atoms with Gasteiger partial charge < -0.3 is 14.6 Å². The minimum absolute atomic E-state index is 0.185. The summed E-state index contributed by atoms with van der Waals surface area (Å²) in [5.74, 6) is -1.22. The topological polar surface area (TPSA) is 93.5 Å². The number of nitrogens with zero attached hydrogens (tertiary/aromatic N) is 3. The molecule has 4 rings (SSSR count). The number of benzene rings is 2. The van der Waals surface area contributed by atoms with Crippen LogP contribution < -0.4 is 5.32 Å². The van der Waals surface area contributed by atoms with E-state index in [1.165, 1.54) is 30.3 Å². The van der Waals surface area contributed by atoms with Crippen LogP contribution in [0.15, 0.2) is 54.9 Å². The molecule has 0 radical (unpaired) electrons. The number of carbonyl (C=O) groups excluding carboxylic acids is 3. The molecule has 1 aliphatic rings. The zero-order valence-electron chi connectivity index (χ0n) is 18.2. The van der Waals surface area contributed by atoms with Crippen LogP contribution in [0, 0.1) is 5.82 Å². The normalized spacial score (nSPS) is 13.8. The molecule has 0 fully saturated rings. The predicted molar refractivity (Wildman–Crippen MR) is 117 cm³/mol. The highest BCUT2D eigenvalue weighted by atomic mass is 19.1. The lowest BCUT2D eigenvalue weighted by atomic mass is 10.0. The number of amides is 3. The first-order valence-corrected chi connectivity index (χ1v) is 10.4. The molecule has 0 aliphatic carbocycles. The van der Waals surface area contributed by atoms with Gasteiger partial charge in [0.05, 0.1) is 11.1 Å². The fourth-order valence-electron chi connectivity index (χ4n) is 3.85. The number of hydrogen-bond acceptors (Lipinski definition) is 5. The van der Waals surface area contributed by atoms with Crippen molar-refractivity contribution >= 4 is 17.7 Å². The monoisotopic (exact) mass is 450 g/mol. The summed E-state index contributed by atoms with van der Waals surface area (Å²) in [6.45, 7) is 0.665. The van der Waals surface area contributed by atoms with Crippen LogP contribution in [-0.4, -0.2) is 52.4 Å². The third-order valence-corrected chi connectivity index (χ3v) is 5.54. The van der Waals surface area contributed by atoms with Crippen molar-refractivity contribution in [2.75, 3.05) is 20.3 Å². The van der Waals surface area contributed by atoms with Gasteiger partial charge in [-0.3, -0.25) is 19.3 Å². The van der Waals surface area contributed by atoms with Gasteiger partial charge >= 0.3 is 0 Å². The number of ether oxygens (including phenoxy) is 1. The zero-order chi connectivity index (χ0) is 23.5. The van der Waals surface area contributed by atoms with Crippen molar-refractivity contribution in [2.45, 2.75) is 12.5 Å². The first kappa shape index (κ1) is 22.3. The Hall–Kier alpha value is -3.85. The van der Waals surface area contributed by atoms with Crippen LogP contribution in [0.3, 0.4) is 0 Å². The third-order valence-electron chi connectivity index (χ3n) is 5.54. The van der Waals surface area contributed by atoms with Gasteiger partial charge in [-0.05, 0) is 42.3 Å². The Labute approximate surface area is 190 Å². The summed E-state index contributed by atoms with van der Waals surface area (Å²) in [7, 11) is 3.33. The number of aromatic nitrogens is 2. The standard InChI is InChI=1S/C24H23FN4O4/c1-28-11-9-26-21(28)20(15-5-3-6-17(25)13-15)27-22(30)16-7-8-18-19(14-16)24(32)29(23(18)31)10-4-12-33-2/h3,5-9,11,13-14,20H,4,10,12H2,1-2H3,(H,27,30)/t20-/m1/s1. The Morgan fingerprint density at radius 2 is 1.94 bits per heavy atom. The van der Waals surface area contributed by atoms with Crippen LogP contribution in [0.25, 0.3) is 0 Å². The Morgan fingerprint density at radius 3 is 2.64 bits per heavy atom. The quantitative estimate of drug-likeness (QED) is 0.421. The van der Waals surface area contributed by atoms with Crippen LogP contribution in [-0.2, 0) is 11.8 Å². The van der Waals surface area contributed by atoms with Crippen LogP contribution in [0.2, 0.25) is 0 Å². The number of imide groups is 1. The summed E-state index contributed by atoms with van der Waals surface area (Å²) in [6, 6.07) is 9.60. The van der Waals surface area contributed by atoms with Gasteiger partial charge in [-0.1, -0.05) is 12.1 Å². The van der Waals surface area contributed by atoms with Crippen molar-refractivity contribution in [1.29, 1.82) is 0 Å². The van der Waals surface area contributed by atoms with E-state index in [0.29, 0.717) is 24.4 Å². The van der Waals surface area contributed by atoms with Gasteiger partial charge in [0.15, 0.2) is 0 Å². The lowest BCUT2D eigenvalue weighted by Gasteiger charge is -2.19. The second-order valence-corrected chi connectivity index (χ2v) is 7.73. The number of carbonyl (C=O) groups is 3. The Kier molecular flexibility index (Phi) is 6.32. The highest BCUT2D eigenvalue weighted by Crippen LogP contribution is 2.26. The van der Waals surface area contributed by atoms with Crippen LogP contribution >= 0.6 is 0 Å². The van der Waals surface area contributed by atoms with Crippen molar-refractivity contribution in [1.82, 2.24) is 19.8 Å². The van der Waals surface area contributed by atoms with Gasteiger partial charge in [0.25, 0.3) is 17.7 Å². The van der Waals surface area contributed by atoms with E-state index < -0.39 is 23.7 Å². The molecule has 0 unspecified atom stereocenters. The first-order valence-electron chi connectivity index (χ1n) is 10.4. The zero-order valence-corrected chi connectivity index (χ0v) is 18.2. The molecule has 1 N–H and O–H groups in total. The fraction of sp³-hybridized carbons (Fsp3) is 0.250. The van der Waals surface area contributed by atoms with E-state index in [4.69, 9.17) is 4.74 Å². The average Bonchev–Trinajstić information content (AvgIpc) is 3.33. The lowest BCUT2D eigenvalue weighted by molar-refractivity contribution is 0.0638. The van der Waals surface area contributed by atoms with E-state index in [-0.39, 0.29) is 29.1 Å². The Balaban J connectivity index is 1.60. The molecule has 0 saturated carbocycles. The van der Waals surface area contributed by atoms with Crippen molar-refractivity contribution in [3.05, 3.63) is 88.8 Å². The number of halogens is 1. The molecule has 0 saturated heterocycles. The second-order valence-electron chi connectivity index (χ2n) is 7.73. The minimum atomic E-state index is -0.718. The number of fused-ring (bicyclic) bond motifs is 1. The number of aryl methyl sites for hydroxylation is 1. The predicted octanol–water partition coefficient (Wildman–Crippen LogP) is 2.71. The van der Waals surface area contributed by atoms with Gasteiger partial charge in [-0.2, -0.15) is 0 Å². The summed E-state index contributed by atoms with van der Waals surface area (Å²) >= 11 is 0. The maximum Gasteiger partial charge on any atom is 0.261 e. The second kappa shape index (κ2) is 9.33. The van der Waals surface area contributed by atoms with Gasteiger partial charge in [0.2, 0.25) is 0 Å². The van der Waals surface area contributed by atoms with Crippen molar-refractivity contribution < 1.29 is 23.5 Å². The summed E-state index contributed by atoms with van der Waals surface area (Å²) in [4.78, 5) is 44.0. The average molecular weight is 450 g/mol.